The summed E-state index contributed by atoms with van der Waals surface area (Å²) in [6.07, 6.45) is 3.80. The molecule has 6 nitrogen and oxygen atoms in total. The summed E-state index contributed by atoms with van der Waals surface area (Å²) in [6.45, 7) is 6.39. The maximum absolute atomic E-state index is 12.6. The van der Waals surface area contributed by atoms with Gasteiger partial charge in [0.15, 0.2) is 0 Å². The summed E-state index contributed by atoms with van der Waals surface area (Å²) in [6, 6.07) is 7.98. The van der Waals surface area contributed by atoms with Gasteiger partial charge in [0.1, 0.15) is 6.54 Å². The predicted octanol–water partition coefficient (Wildman–Crippen LogP) is 2.99. The smallest absolute Gasteiger partial charge is 0.325 e. The number of rotatable bonds is 7. The monoisotopic (exact) mass is 355 g/mol. The SMILES string of the molecule is Cc1ccc(-n2ncc(C(=O)NCC(=O)OCC3CC3)c2C(C)C)cc1. The van der Waals surface area contributed by atoms with Gasteiger partial charge in [-0.25, -0.2) is 4.68 Å². The summed E-state index contributed by atoms with van der Waals surface area (Å²) in [5.74, 6) is -0.103. The molecular weight excluding hydrogens is 330 g/mol. The molecule has 0 radical (unpaired) electrons. The molecule has 1 amide bonds. The summed E-state index contributed by atoms with van der Waals surface area (Å²) >= 11 is 0. The van der Waals surface area contributed by atoms with Crippen LogP contribution in [0.3, 0.4) is 0 Å². The normalized spacial score (nSPS) is 13.7. The molecule has 26 heavy (non-hydrogen) atoms. The van der Waals surface area contributed by atoms with Gasteiger partial charge in [-0.3, -0.25) is 9.59 Å². The van der Waals surface area contributed by atoms with Crippen molar-refractivity contribution in [2.45, 2.75) is 39.5 Å². The van der Waals surface area contributed by atoms with Crippen molar-refractivity contribution in [3.63, 3.8) is 0 Å². The van der Waals surface area contributed by atoms with Crippen molar-refractivity contribution in [3.8, 4) is 5.69 Å². The van der Waals surface area contributed by atoms with Crippen LogP contribution in [0.1, 0.15) is 54.2 Å². The Balaban J connectivity index is 1.71. The Bertz CT molecular complexity index is 789. The molecule has 0 unspecified atom stereocenters. The molecule has 0 spiro atoms. The van der Waals surface area contributed by atoms with E-state index in [1.807, 2.05) is 45.0 Å². The molecule has 0 aliphatic heterocycles. The van der Waals surface area contributed by atoms with Crippen molar-refractivity contribution < 1.29 is 14.3 Å². The van der Waals surface area contributed by atoms with Crippen LogP contribution >= 0.6 is 0 Å². The van der Waals surface area contributed by atoms with Crippen LogP contribution in [0.2, 0.25) is 0 Å². The van der Waals surface area contributed by atoms with E-state index in [1.165, 1.54) is 0 Å². The first-order valence-electron chi connectivity index (χ1n) is 9.04. The molecule has 1 fully saturated rings. The quantitative estimate of drug-likeness (QED) is 0.775. The van der Waals surface area contributed by atoms with Crippen molar-refractivity contribution in [1.82, 2.24) is 15.1 Å². The molecule has 2 aromatic rings. The minimum absolute atomic E-state index is 0.0985. The molecule has 1 heterocycles. The molecule has 1 aromatic heterocycles. The lowest BCUT2D eigenvalue weighted by Crippen LogP contribution is -2.31. The van der Waals surface area contributed by atoms with Crippen LogP contribution in [0, 0.1) is 12.8 Å². The second kappa shape index (κ2) is 7.72. The lowest BCUT2D eigenvalue weighted by atomic mass is 10.0. The highest BCUT2D eigenvalue weighted by Gasteiger charge is 2.24. The second-order valence-corrected chi connectivity index (χ2v) is 7.15. The van der Waals surface area contributed by atoms with Crippen molar-refractivity contribution in [3.05, 3.63) is 47.3 Å². The van der Waals surface area contributed by atoms with E-state index in [-0.39, 0.29) is 18.4 Å². The van der Waals surface area contributed by atoms with Gasteiger partial charge in [0.2, 0.25) is 0 Å². The van der Waals surface area contributed by atoms with Gasteiger partial charge in [-0.05, 0) is 43.7 Å². The number of aromatic nitrogens is 2. The zero-order valence-corrected chi connectivity index (χ0v) is 15.5. The van der Waals surface area contributed by atoms with Gasteiger partial charge in [-0.15, -0.1) is 0 Å². The Labute approximate surface area is 153 Å². The molecule has 1 aromatic carbocycles. The van der Waals surface area contributed by atoms with E-state index in [9.17, 15) is 9.59 Å². The number of ether oxygens (including phenoxy) is 1. The summed E-state index contributed by atoms with van der Waals surface area (Å²) in [4.78, 5) is 24.3. The molecule has 138 valence electrons. The largest absolute Gasteiger partial charge is 0.464 e. The molecular formula is C20H25N3O3. The van der Waals surface area contributed by atoms with Crippen molar-refractivity contribution in [2.24, 2.45) is 5.92 Å². The third-order valence-electron chi connectivity index (χ3n) is 4.45. The van der Waals surface area contributed by atoms with E-state index in [0.717, 1.165) is 29.8 Å². The number of aryl methyl sites for hydroxylation is 1. The highest BCUT2D eigenvalue weighted by molar-refractivity contribution is 5.97. The van der Waals surface area contributed by atoms with Crippen LogP contribution in [-0.2, 0) is 9.53 Å². The Morgan fingerprint density at radius 3 is 2.58 bits per heavy atom. The van der Waals surface area contributed by atoms with Gasteiger partial charge < -0.3 is 10.1 Å². The second-order valence-electron chi connectivity index (χ2n) is 7.15. The van der Waals surface area contributed by atoms with E-state index in [0.29, 0.717) is 18.1 Å². The third kappa shape index (κ3) is 4.31. The van der Waals surface area contributed by atoms with Gasteiger partial charge in [-0.2, -0.15) is 5.10 Å². The van der Waals surface area contributed by atoms with Crippen molar-refractivity contribution in [2.75, 3.05) is 13.2 Å². The van der Waals surface area contributed by atoms with E-state index in [1.54, 1.807) is 10.9 Å². The highest BCUT2D eigenvalue weighted by Crippen LogP contribution is 2.28. The molecule has 3 rings (SSSR count). The molecule has 1 saturated carbocycles. The van der Waals surface area contributed by atoms with Crippen molar-refractivity contribution >= 4 is 11.9 Å². The van der Waals surface area contributed by atoms with Crippen LogP contribution in [0.4, 0.5) is 0 Å². The van der Waals surface area contributed by atoms with Crippen LogP contribution < -0.4 is 5.32 Å². The number of benzene rings is 1. The van der Waals surface area contributed by atoms with Gasteiger partial charge in [0.25, 0.3) is 5.91 Å². The fraction of sp³-hybridized carbons (Fsp3) is 0.450. The predicted molar refractivity (Wildman–Crippen MR) is 98.4 cm³/mol. The van der Waals surface area contributed by atoms with Crippen LogP contribution in [0.5, 0.6) is 0 Å². The number of hydrogen-bond donors (Lipinski definition) is 1. The average molecular weight is 355 g/mol. The first-order valence-corrected chi connectivity index (χ1v) is 9.04. The number of carbonyl (C=O) groups is 2. The first-order chi connectivity index (χ1) is 12.5. The lowest BCUT2D eigenvalue weighted by Gasteiger charge is -2.13. The van der Waals surface area contributed by atoms with Crippen LogP contribution in [-0.4, -0.2) is 34.8 Å². The Kier molecular flexibility index (Phi) is 5.40. The molecule has 0 bridgehead atoms. The van der Waals surface area contributed by atoms with Crippen LogP contribution in [0.15, 0.2) is 30.5 Å². The fourth-order valence-electron chi connectivity index (χ4n) is 2.77. The molecule has 1 aliphatic rings. The number of esters is 1. The third-order valence-corrected chi connectivity index (χ3v) is 4.45. The number of hydrogen-bond acceptors (Lipinski definition) is 4. The van der Waals surface area contributed by atoms with Gasteiger partial charge in [0, 0.05) is 0 Å². The zero-order valence-electron chi connectivity index (χ0n) is 15.5. The summed E-state index contributed by atoms with van der Waals surface area (Å²) in [7, 11) is 0. The Morgan fingerprint density at radius 2 is 1.96 bits per heavy atom. The van der Waals surface area contributed by atoms with Gasteiger partial charge >= 0.3 is 5.97 Å². The van der Waals surface area contributed by atoms with E-state index in [4.69, 9.17) is 4.74 Å². The van der Waals surface area contributed by atoms with Gasteiger partial charge in [0.05, 0.1) is 29.7 Å². The number of amides is 1. The standard InChI is InChI=1S/C20H25N3O3/c1-13(2)19-17(10-22-23(19)16-8-4-14(3)5-9-16)20(25)21-11-18(24)26-12-15-6-7-15/h4-5,8-10,13,15H,6-7,11-12H2,1-3H3,(H,21,25). The summed E-state index contributed by atoms with van der Waals surface area (Å²) < 4.78 is 6.92. The molecule has 0 atom stereocenters. The molecule has 0 saturated heterocycles. The Hall–Kier alpha value is -2.63. The molecule has 6 heteroatoms. The minimum atomic E-state index is -0.401. The van der Waals surface area contributed by atoms with Crippen molar-refractivity contribution in [1.29, 1.82) is 0 Å². The molecule has 1 aliphatic carbocycles. The minimum Gasteiger partial charge on any atom is -0.464 e. The fourth-order valence-corrected chi connectivity index (χ4v) is 2.77. The zero-order chi connectivity index (χ0) is 18.7. The number of nitrogens with zero attached hydrogens (tertiary/aromatic N) is 2. The van der Waals surface area contributed by atoms with E-state index < -0.39 is 5.97 Å². The molecule has 1 N–H and O–H groups in total. The topological polar surface area (TPSA) is 73.2 Å². The summed E-state index contributed by atoms with van der Waals surface area (Å²) in [5, 5.41) is 7.04. The lowest BCUT2D eigenvalue weighted by molar-refractivity contribution is -0.142. The average Bonchev–Trinajstić information content (AvgIpc) is 3.34. The maximum Gasteiger partial charge on any atom is 0.325 e. The highest BCUT2D eigenvalue weighted by atomic mass is 16.5. The van der Waals surface area contributed by atoms with E-state index >= 15 is 0 Å². The number of carbonyl (C=O) groups excluding carboxylic acids is 2. The van der Waals surface area contributed by atoms with Gasteiger partial charge in [-0.1, -0.05) is 31.5 Å². The summed E-state index contributed by atoms with van der Waals surface area (Å²) in [5.41, 5.74) is 3.37. The van der Waals surface area contributed by atoms with E-state index in [2.05, 4.69) is 10.4 Å². The van der Waals surface area contributed by atoms with Crippen LogP contribution in [0.25, 0.3) is 5.69 Å². The maximum atomic E-state index is 12.6. The Morgan fingerprint density at radius 1 is 1.27 bits per heavy atom. The first kappa shape index (κ1) is 18.2. The number of nitrogens with one attached hydrogen (secondary N) is 1.